The van der Waals surface area contributed by atoms with Gasteiger partial charge in [0.05, 0.1) is 30.1 Å². The van der Waals surface area contributed by atoms with Crippen LogP contribution in [-0.2, 0) is 0 Å². The van der Waals surface area contributed by atoms with Crippen molar-refractivity contribution in [2.45, 2.75) is 26.7 Å². The molecule has 0 saturated carbocycles. The first-order valence-electron chi connectivity index (χ1n) is 7.85. The van der Waals surface area contributed by atoms with Gasteiger partial charge in [0.2, 0.25) is 5.95 Å². The Morgan fingerprint density at radius 2 is 2.16 bits per heavy atom. The predicted octanol–water partition coefficient (Wildman–Crippen LogP) is 3.51. The number of halogens is 1. The van der Waals surface area contributed by atoms with Crippen molar-refractivity contribution < 1.29 is 9.47 Å². The third kappa shape index (κ3) is 5.06. The summed E-state index contributed by atoms with van der Waals surface area (Å²) in [5.74, 6) is 1.69. The van der Waals surface area contributed by atoms with Crippen LogP contribution in [0.1, 0.15) is 37.9 Å². The first-order chi connectivity index (χ1) is 11.9. The summed E-state index contributed by atoms with van der Waals surface area (Å²) in [7, 11) is 1.58. The summed E-state index contributed by atoms with van der Waals surface area (Å²) in [4.78, 5) is 18.6. The van der Waals surface area contributed by atoms with E-state index in [1.807, 2.05) is 32.9 Å². The maximum absolute atomic E-state index is 11.7. The van der Waals surface area contributed by atoms with Gasteiger partial charge in [-0.2, -0.15) is 5.10 Å². The Bertz CT molecular complexity index is 818. The standard InChI is InChI=1S/C17H21BrN4O3/c1-5-25-16-12(18)6-11(7-14(16)24-4)9-19-22-17-20-13(10(2)3)8-15(23)21-17/h6-10H,5H2,1-4H3,(H2,20,21,22,23)/b19-9-. The maximum Gasteiger partial charge on any atom is 0.252 e. The summed E-state index contributed by atoms with van der Waals surface area (Å²) in [6.07, 6.45) is 1.60. The molecule has 0 unspecified atom stereocenters. The van der Waals surface area contributed by atoms with Crippen molar-refractivity contribution in [3.05, 3.63) is 44.3 Å². The zero-order valence-corrected chi connectivity index (χ0v) is 16.2. The van der Waals surface area contributed by atoms with Gasteiger partial charge in [-0.05, 0) is 46.5 Å². The number of nitrogens with zero attached hydrogens (tertiary/aromatic N) is 2. The highest BCUT2D eigenvalue weighted by molar-refractivity contribution is 9.10. The van der Waals surface area contributed by atoms with E-state index < -0.39 is 0 Å². The molecule has 0 aliphatic heterocycles. The molecule has 0 fully saturated rings. The molecule has 2 rings (SSSR count). The number of aromatic nitrogens is 2. The molecule has 0 atom stereocenters. The minimum absolute atomic E-state index is 0.151. The summed E-state index contributed by atoms with van der Waals surface area (Å²) in [5.41, 5.74) is 4.02. The number of anilines is 1. The highest BCUT2D eigenvalue weighted by atomic mass is 79.9. The van der Waals surface area contributed by atoms with E-state index in [4.69, 9.17) is 9.47 Å². The van der Waals surface area contributed by atoms with E-state index >= 15 is 0 Å². The van der Waals surface area contributed by atoms with Crippen molar-refractivity contribution in [1.29, 1.82) is 0 Å². The highest BCUT2D eigenvalue weighted by Crippen LogP contribution is 2.36. The number of hydrogen-bond donors (Lipinski definition) is 2. The van der Waals surface area contributed by atoms with Gasteiger partial charge < -0.3 is 9.47 Å². The third-order valence-electron chi connectivity index (χ3n) is 3.28. The Kier molecular flexibility index (Phi) is 6.58. The number of hydrazone groups is 1. The van der Waals surface area contributed by atoms with Crippen molar-refractivity contribution in [3.8, 4) is 11.5 Å². The molecule has 0 bridgehead atoms. The zero-order valence-electron chi connectivity index (χ0n) is 14.6. The topological polar surface area (TPSA) is 88.6 Å². The second-order valence-electron chi connectivity index (χ2n) is 5.51. The van der Waals surface area contributed by atoms with Crippen LogP contribution in [0.4, 0.5) is 5.95 Å². The first kappa shape index (κ1) is 19.0. The normalized spacial score (nSPS) is 11.1. The Morgan fingerprint density at radius 3 is 2.80 bits per heavy atom. The fourth-order valence-corrected chi connectivity index (χ4v) is 2.67. The van der Waals surface area contributed by atoms with Crippen molar-refractivity contribution in [2.75, 3.05) is 19.1 Å². The lowest BCUT2D eigenvalue weighted by Crippen LogP contribution is -2.12. The number of rotatable bonds is 7. The second kappa shape index (κ2) is 8.66. The second-order valence-corrected chi connectivity index (χ2v) is 6.37. The molecule has 1 heterocycles. The fourth-order valence-electron chi connectivity index (χ4n) is 2.09. The Labute approximate surface area is 154 Å². The largest absolute Gasteiger partial charge is 0.493 e. The summed E-state index contributed by atoms with van der Waals surface area (Å²) in [6, 6.07) is 5.15. The minimum atomic E-state index is -0.220. The van der Waals surface area contributed by atoms with E-state index in [0.29, 0.717) is 29.7 Å². The average molecular weight is 409 g/mol. The van der Waals surface area contributed by atoms with Crippen LogP contribution < -0.4 is 20.5 Å². The predicted molar refractivity (Wildman–Crippen MR) is 102 cm³/mol. The first-order valence-corrected chi connectivity index (χ1v) is 8.64. The monoisotopic (exact) mass is 408 g/mol. The van der Waals surface area contributed by atoms with Gasteiger partial charge in [-0.3, -0.25) is 9.78 Å². The molecule has 1 aromatic heterocycles. The molecule has 0 aliphatic rings. The zero-order chi connectivity index (χ0) is 18.4. The van der Waals surface area contributed by atoms with Crippen molar-refractivity contribution >= 4 is 28.1 Å². The van der Waals surface area contributed by atoms with Crippen LogP contribution in [0, 0.1) is 0 Å². The molecule has 0 spiro atoms. The molecule has 1 aromatic carbocycles. The molecule has 25 heavy (non-hydrogen) atoms. The molecule has 0 aliphatic carbocycles. The lowest BCUT2D eigenvalue weighted by atomic mass is 10.1. The van der Waals surface area contributed by atoms with E-state index in [0.717, 1.165) is 10.0 Å². The third-order valence-corrected chi connectivity index (χ3v) is 3.87. The number of aromatic amines is 1. The van der Waals surface area contributed by atoms with Gasteiger partial charge in [-0.1, -0.05) is 13.8 Å². The van der Waals surface area contributed by atoms with Crippen LogP contribution in [0.25, 0.3) is 0 Å². The maximum atomic E-state index is 11.7. The molecule has 2 aromatic rings. The number of benzene rings is 1. The van der Waals surface area contributed by atoms with Gasteiger partial charge in [-0.15, -0.1) is 0 Å². The van der Waals surface area contributed by atoms with Crippen LogP contribution in [0.3, 0.4) is 0 Å². The molecule has 7 nitrogen and oxygen atoms in total. The lowest BCUT2D eigenvalue weighted by molar-refractivity contribution is 0.309. The van der Waals surface area contributed by atoms with Crippen LogP contribution >= 0.6 is 15.9 Å². The van der Waals surface area contributed by atoms with E-state index in [1.54, 1.807) is 13.3 Å². The smallest absolute Gasteiger partial charge is 0.252 e. The molecule has 134 valence electrons. The van der Waals surface area contributed by atoms with Crippen LogP contribution in [0.15, 0.2) is 32.6 Å². The van der Waals surface area contributed by atoms with Crippen molar-refractivity contribution in [1.82, 2.24) is 9.97 Å². The highest BCUT2D eigenvalue weighted by Gasteiger charge is 2.10. The number of methoxy groups -OCH3 is 1. The summed E-state index contributed by atoms with van der Waals surface area (Å²) < 4.78 is 11.7. The Balaban J connectivity index is 2.20. The van der Waals surface area contributed by atoms with E-state index in [-0.39, 0.29) is 11.5 Å². The van der Waals surface area contributed by atoms with Gasteiger partial charge >= 0.3 is 0 Å². The quantitative estimate of drug-likeness (QED) is 0.540. The van der Waals surface area contributed by atoms with Crippen LogP contribution in [0.2, 0.25) is 0 Å². The molecule has 0 saturated heterocycles. The molecular formula is C17H21BrN4O3. The summed E-state index contributed by atoms with van der Waals surface area (Å²) >= 11 is 3.46. The van der Waals surface area contributed by atoms with Gasteiger partial charge in [0.1, 0.15) is 0 Å². The SMILES string of the molecule is CCOc1c(Br)cc(/C=N\Nc2nc(C(C)C)cc(=O)[nH]2)cc1OC. The summed E-state index contributed by atoms with van der Waals surface area (Å²) in [6.45, 7) is 6.39. The van der Waals surface area contributed by atoms with Crippen molar-refractivity contribution in [3.63, 3.8) is 0 Å². The molecule has 0 radical (unpaired) electrons. The van der Waals surface area contributed by atoms with Gasteiger partial charge in [0.25, 0.3) is 5.56 Å². The van der Waals surface area contributed by atoms with Crippen LogP contribution in [-0.4, -0.2) is 29.9 Å². The van der Waals surface area contributed by atoms with E-state index in [2.05, 4.69) is 36.4 Å². The van der Waals surface area contributed by atoms with Gasteiger partial charge in [0, 0.05) is 6.07 Å². The fraction of sp³-hybridized carbons (Fsp3) is 0.353. The number of nitrogens with one attached hydrogen (secondary N) is 2. The summed E-state index contributed by atoms with van der Waals surface area (Å²) in [5, 5.41) is 4.12. The minimum Gasteiger partial charge on any atom is -0.493 e. The van der Waals surface area contributed by atoms with Gasteiger partial charge in [-0.25, -0.2) is 10.4 Å². The number of H-pyrrole nitrogens is 1. The molecule has 0 amide bonds. The Morgan fingerprint density at radius 1 is 1.40 bits per heavy atom. The number of ether oxygens (including phenoxy) is 2. The van der Waals surface area contributed by atoms with Gasteiger partial charge in [0.15, 0.2) is 11.5 Å². The van der Waals surface area contributed by atoms with Crippen LogP contribution in [0.5, 0.6) is 11.5 Å². The number of hydrogen-bond acceptors (Lipinski definition) is 6. The van der Waals surface area contributed by atoms with E-state index in [1.165, 1.54) is 6.07 Å². The lowest BCUT2D eigenvalue weighted by Gasteiger charge is -2.12. The molecule has 8 heteroatoms. The molecule has 2 N–H and O–H groups in total. The van der Waals surface area contributed by atoms with Crippen molar-refractivity contribution in [2.24, 2.45) is 5.10 Å². The average Bonchev–Trinajstić information content (AvgIpc) is 2.56. The molecular weight excluding hydrogens is 388 g/mol. The van der Waals surface area contributed by atoms with E-state index in [9.17, 15) is 4.79 Å². The Hall–Kier alpha value is -2.35.